The number of imidazole rings is 1. The molecule has 2 aromatic carbocycles. The molecule has 8 heteroatoms. The monoisotopic (exact) mass is 437 g/mol. The van der Waals surface area contributed by atoms with Crippen LogP contribution >= 0.6 is 11.6 Å². The molecule has 0 radical (unpaired) electrons. The topological polar surface area (TPSA) is 92.9 Å². The number of unbranched alkanes of at least 4 members (excludes halogenated alkanes) is 1. The van der Waals surface area contributed by atoms with Crippen LogP contribution in [0.5, 0.6) is 0 Å². The van der Waals surface area contributed by atoms with Gasteiger partial charge in [0.15, 0.2) is 5.15 Å². The van der Waals surface area contributed by atoms with E-state index in [9.17, 15) is 4.79 Å². The Morgan fingerprint density at radius 2 is 1.97 bits per heavy atom. The van der Waals surface area contributed by atoms with E-state index >= 15 is 0 Å². The van der Waals surface area contributed by atoms with Crippen molar-refractivity contribution < 1.29 is 9.53 Å². The number of carbonyl (C=O) groups excluding carboxylic acids is 1. The zero-order valence-corrected chi connectivity index (χ0v) is 18.3. The second kappa shape index (κ2) is 10.7. The summed E-state index contributed by atoms with van der Waals surface area (Å²) in [6.07, 6.45) is 2.85. The SMILES string of the molecule is CCCCc1nc(Cl)c(CN=[N+]=[N-])n1Cc1ccc(-c2ccccc2C(=O)OC)cc1. The molecule has 0 aliphatic carbocycles. The van der Waals surface area contributed by atoms with Crippen molar-refractivity contribution >= 4 is 17.6 Å². The number of ether oxygens (including phenoxy) is 1. The van der Waals surface area contributed by atoms with Gasteiger partial charge in [0.2, 0.25) is 0 Å². The number of hydrogen-bond acceptors (Lipinski definition) is 4. The fourth-order valence-electron chi connectivity index (χ4n) is 3.46. The molecule has 3 rings (SSSR count). The fraction of sp³-hybridized carbons (Fsp3) is 0.304. The third kappa shape index (κ3) is 5.26. The predicted molar refractivity (Wildman–Crippen MR) is 121 cm³/mol. The first-order chi connectivity index (χ1) is 15.1. The number of aryl methyl sites for hydroxylation is 1. The Morgan fingerprint density at radius 1 is 1.23 bits per heavy atom. The first kappa shape index (κ1) is 22.4. The van der Waals surface area contributed by atoms with Gasteiger partial charge in [-0.1, -0.05) is 72.5 Å². The molecule has 0 aliphatic heterocycles. The molecule has 0 aliphatic rings. The van der Waals surface area contributed by atoms with E-state index in [-0.39, 0.29) is 12.5 Å². The van der Waals surface area contributed by atoms with Crippen molar-refractivity contribution in [1.82, 2.24) is 9.55 Å². The summed E-state index contributed by atoms with van der Waals surface area (Å²) in [5, 5.41) is 4.06. The van der Waals surface area contributed by atoms with Gasteiger partial charge in [-0.05, 0) is 34.7 Å². The lowest BCUT2D eigenvalue weighted by Crippen LogP contribution is -2.09. The quantitative estimate of drug-likeness (QED) is 0.173. The highest BCUT2D eigenvalue weighted by Gasteiger charge is 2.16. The molecule has 31 heavy (non-hydrogen) atoms. The zero-order chi connectivity index (χ0) is 22.2. The van der Waals surface area contributed by atoms with Crippen molar-refractivity contribution in [3.63, 3.8) is 0 Å². The molecule has 3 aromatic rings. The van der Waals surface area contributed by atoms with Crippen molar-refractivity contribution in [3.05, 3.63) is 86.8 Å². The number of hydrogen-bond donors (Lipinski definition) is 0. The van der Waals surface area contributed by atoms with Crippen LogP contribution in [0.25, 0.3) is 21.6 Å². The van der Waals surface area contributed by atoms with Gasteiger partial charge in [0.05, 0.1) is 24.9 Å². The minimum absolute atomic E-state index is 0.152. The van der Waals surface area contributed by atoms with Crippen LogP contribution in [0.15, 0.2) is 53.6 Å². The van der Waals surface area contributed by atoms with E-state index in [0.29, 0.717) is 23.0 Å². The maximum atomic E-state index is 12.1. The van der Waals surface area contributed by atoms with Gasteiger partial charge in [0, 0.05) is 17.9 Å². The van der Waals surface area contributed by atoms with E-state index in [4.69, 9.17) is 21.9 Å². The van der Waals surface area contributed by atoms with Gasteiger partial charge in [-0.3, -0.25) is 0 Å². The van der Waals surface area contributed by atoms with Gasteiger partial charge < -0.3 is 9.30 Å². The molecule has 0 bridgehead atoms. The number of methoxy groups -OCH3 is 1. The molecular weight excluding hydrogens is 414 g/mol. The summed E-state index contributed by atoms with van der Waals surface area (Å²) in [6.45, 7) is 2.84. The molecule has 0 N–H and O–H groups in total. The molecule has 0 saturated carbocycles. The van der Waals surface area contributed by atoms with E-state index in [2.05, 4.69) is 21.9 Å². The first-order valence-corrected chi connectivity index (χ1v) is 10.5. The van der Waals surface area contributed by atoms with Crippen molar-refractivity contribution in [1.29, 1.82) is 0 Å². The van der Waals surface area contributed by atoms with Gasteiger partial charge in [-0.15, -0.1) is 0 Å². The Bertz CT molecular complexity index is 1100. The summed E-state index contributed by atoms with van der Waals surface area (Å²) in [5.74, 6) is 0.520. The third-order valence-corrected chi connectivity index (χ3v) is 5.38. The largest absolute Gasteiger partial charge is 0.465 e. The molecule has 0 atom stereocenters. The minimum atomic E-state index is -0.365. The van der Waals surface area contributed by atoms with Crippen molar-refractivity contribution in [3.8, 4) is 11.1 Å². The Kier molecular flexibility index (Phi) is 7.70. The van der Waals surface area contributed by atoms with Crippen LogP contribution in [0.2, 0.25) is 5.15 Å². The molecule has 0 unspecified atom stereocenters. The molecule has 7 nitrogen and oxygen atoms in total. The molecular formula is C23H24ClN5O2. The normalized spacial score (nSPS) is 10.5. The number of aromatic nitrogens is 2. The van der Waals surface area contributed by atoms with Crippen LogP contribution in [-0.2, 0) is 24.2 Å². The summed E-state index contributed by atoms with van der Waals surface area (Å²) < 4.78 is 6.93. The van der Waals surface area contributed by atoms with E-state index < -0.39 is 0 Å². The third-order valence-electron chi connectivity index (χ3n) is 5.08. The van der Waals surface area contributed by atoms with Gasteiger partial charge in [0.25, 0.3) is 0 Å². The van der Waals surface area contributed by atoms with Crippen LogP contribution < -0.4 is 0 Å². The smallest absolute Gasteiger partial charge is 0.338 e. The molecule has 160 valence electrons. The summed E-state index contributed by atoms with van der Waals surface area (Å²) in [7, 11) is 1.38. The van der Waals surface area contributed by atoms with E-state index in [1.54, 1.807) is 6.07 Å². The maximum Gasteiger partial charge on any atom is 0.338 e. The highest BCUT2D eigenvalue weighted by molar-refractivity contribution is 6.30. The summed E-state index contributed by atoms with van der Waals surface area (Å²) >= 11 is 6.34. The van der Waals surface area contributed by atoms with Crippen LogP contribution in [0.4, 0.5) is 0 Å². The molecule has 0 fully saturated rings. The van der Waals surface area contributed by atoms with Crippen molar-refractivity contribution in [2.24, 2.45) is 5.11 Å². The molecule has 0 amide bonds. The van der Waals surface area contributed by atoms with Crippen LogP contribution in [0.3, 0.4) is 0 Å². The number of azide groups is 1. The second-order valence-corrected chi connectivity index (χ2v) is 7.44. The average molecular weight is 438 g/mol. The molecule has 0 spiro atoms. The summed E-state index contributed by atoms with van der Waals surface area (Å²) in [4.78, 5) is 19.4. The zero-order valence-electron chi connectivity index (χ0n) is 17.6. The lowest BCUT2D eigenvalue weighted by atomic mass is 9.98. The van der Waals surface area contributed by atoms with E-state index in [0.717, 1.165) is 41.8 Å². The first-order valence-electron chi connectivity index (χ1n) is 10.1. The Balaban J connectivity index is 1.91. The number of benzene rings is 2. The standard InChI is InChI=1S/C23H24ClN5O2/c1-3-4-9-21-27-22(24)20(14-26-28-25)29(21)15-16-10-12-17(13-11-16)18-7-5-6-8-19(18)23(30)31-2/h5-8,10-13H,3-4,9,14-15H2,1-2H3. The highest BCUT2D eigenvalue weighted by Crippen LogP contribution is 2.26. The van der Waals surface area contributed by atoms with Gasteiger partial charge in [0.1, 0.15) is 5.82 Å². The van der Waals surface area contributed by atoms with Gasteiger partial charge in [-0.2, -0.15) is 0 Å². The number of esters is 1. The predicted octanol–water partition coefficient (Wildman–Crippen LogP) is 6.19. The lowest BCUT2D eigenvalue weighted by Gasteiger charge is -2.13. The van der Waals surface area contributed by atoms with Crippen molar-refractivity contribution in [2.45, 2.75) is 39.3 Å². The second-order valence-electron chi connectivity index (χ2n) is 7.08. The van der Waals surface area contributed by atoms with E-state index in [1.807, 2.05) is 47.0 Å². The number of nitrogens with zero attached hydrogens (tertiary/aromatic N) is 5. The van der Waals surface area contributed by atoms with Crippen LogP contribution in [0.1, 0.15) is 47.2 Å². The van der Waals surface area contributed by atoms with Crippen LogP contribution in [-0.4, -0.2) is 22.6 Å². The Labute approximate surface area is 186 Å². The lowest BCUT2D eigenvalue weighted by molar-refractivity contribution is 0.0601. The summed E-state index contributed by atoms with van der Waals surface area (Å²) in [5.41, 5.74) is 12.8. The number of carbonyl (C=O) groups is 1. The van der Waals surface area contributed by atoms with Gasteiger partial charge >= 0.3 is 5.97 Å². The number of halogens is 1. The minimum Gasteiger partial charge on any atom is -0.465 e. The fourth-order valence-corrected chi connectivity index (χ4v) is 3.72. The molecule has 0 saturated heterocycles. The Morgan fingerprint density at radius 3 is 2.65 bits per heavy atom. The molecule has 1 aromatic heterocycles. The van der Waals surface area contributed by atoms with Crippen LogP contribution in [0, 0.1) is 0 Å². The maximum absolute atomic E-state index is 12.1. The molecule has 1 heterocycles. The number of rotatable bonds is 9. The van der Waals surface area contributed by atoms with Gasteiger partial charge in [-0.25, -0.2) is 9.78 Å². The average Bonchev–Trinajstić information content (AvgIpc) is 3.10. The Hall–Kier alpha value is -3.28. The van der Waals surface area contributed by atoms with Crippen molar-refractivity contribution in [2.75, 3.05) is 7.11 Å². The van der Waals surface area contributed by atoms with E-state index in [1.165, 1.54) is 7.11 Å². The summed E-state index contributed by atoms with van der Waals surface area (Å²) in [6, 6.07) is 15.4. The highest BCUT2D eigenvalue weighted by atomic mass is 35.5.